The van der Waals surface area contributed by atoms with Crippen LogP contribution in [0, 0.1) is 0 Å². The smallest absolute Gasteiger partial charge is 0.337 e. The molecule has 0 aromatic heterocycles. The van der Waals surface area contributed by atoms with Gasteiger partial charge in [0, 0.05) is 0 Å². The third-order valence-electron chi connectivity index (χ3n) is 6.20. The van der Waals surface area contributed by atoms with E-state index in [1.165, 1.54) is 6.92 Å². The Morgan fingerprint density at radius 3 is 1.83 bits per heavy atom. The fourth-order valence-corrected chi connectivity index (χ4v) is 4.11. The number of aliphatic hydroxyl groups is 9. The minimum absolute atomic E-state index is 0.753. The molecule has 1 unspecified atom stereocenters. The van der Waals surface area contributed by atoms with Gasteiger partial charge in [0.15, 0.2) is 25.0 Å². The van der Waals surface area contributed by atoms with E-state index in [-0.39, 0.29) is 0 Å². The predicted molar refractivity (Wildman–Crippen MR) is 105 cm³/mol. The van der Waals surface area contributed by atoms with Crippen LogP contribution in [0.2, 0.25) is 0 Å². The lowest BCUT2D eigenvalue weighted by Crippen LogP contribution is -2.66. The van der Waals surface area contributed by atoms with E-state index in [9.17, 15) is 50.8 Å². The molecule has 3 saturated heterocycles. The van der Waals surface area contributed by atoms with Crippen LogP contribution in [-0.4, -0.2) is 158 Å². The first kappa shape index (κ1) is 28.5. The summed E-state index contributed by atoms with van der Waals surface area (Å²) in [6, 6.07) is 0. The molecule has 0 aliphatic carbocycles. The highest BCUT2D eigenvalue weighted by Gasteiger charge is 2.54. The second-order valence-corrected chi connectivity index (χ2v) is 8.54. The van der Waals surface area contributed by atoms with Crippen LogP contribution < -0.4 is 0 Å². The van der Waals surface area contributed by atoms with Gasteiger partial charge in [0.05, 0.1) is 19.8 Å². The van der Waals surface area contributed by atoms with Crippen molar-refractivity contribution in [1.82, 2.24) is 0 Å². The lowest BCUT2D eigenvalue weighted by molar-refractivity contribution is -0.378. The Morgan fingerprint density at radius 1 is 0.714 bits per heavy atom. The highest BCUT2D eigenvalue weighted by atomic mass is 16.8. The molecule has 3 fully saturated rings. The van der Waals surface area contributed by atoms with Gasteiger partial charge in [-0.15, -0.1) is 0 Å². The summed E-state index contributed by atoms with van der Waals surface area (Å²) in [7, 11) is 1.00. The van der Waals surface area contributed by atoms with E-state index >= 15 is 0 Å². The standard InChI is InChI=1S/C19H32O16/c1-4-13(33-19-11(26)8(23)9(24)15(35-19)17(29)30-2)14(12(27)16(28)31-4)34-18-10(25)7(22)6(21)5(3-20)32-18/h4-16,18-28H,3H2,1-2H3/t4-,5+,6-,7-,8-,9-,10+,11+,12+,13-,14-,15-,16?,18-,19+/m0/s1. The quantitative estimate of drug-likeness (QED) is 0.149. The van der Waals surface area contributed by atoms with Gasteiger partial charge in [-0.1, -0.05) is 0 Å². The third-order valence-corrected chi connectivity index (χ3v) is 6.20. The highest BCUT2D eigenvalue weighted by Crippen LogP contribution is 2.32. The Kier molecular flexibility index (Phi) is 9.38. The van der Waals surface area contributed by atoms with Crippen LogP contribution in [0.25, 0.3) is 0 Å². The fraction of sp³-hybridized carbons (Fsp3) is 0.947. The van der Waals surface area contributed by atoms with Crippen molar-refractivity contribution in [2.24, 2.45) is 0 Å². The summed E-state index contributed by atoms with van der Waals surface area (Å²) in [5.74, 6) is -1.07. The first-order valence-corrected chi connectivity index (χ1v) is 10.8. The summed E-state index contributed by atoms with van der Waals surface area (Å²) in [5, 5.41) is 90.6. The van der Waals surface area contributed by atoms with E-state index in [0.717, 1.165) is 7.11 Å². The average molecular weight is 516 g/mol. The minimum atomic E-state index is -1.90. The van der Waals surface area contributed by atoms with Crippen molar-refractivity contribution in [3.05, 3.63) is 0 Å². The number of methoxy groups -OCH3 is 1. The van der Waals surface area contributed by atoms with Crippen molar-refractivity contribution in [3.63, 3.8) is 0 Å². The zero-order valence-corrected chi connectivity index (χ0v) is 18.8. The number of ether oxygens (including phenoxy) is 6. The van der Waals surface area contributed by atoms with Gasteiger partial charge < -0.3 is 74.4 Å². The Hall–Kier alpha value is -1.09. The van der Waals surface area contributed by atoms with Crippen LogP contribution in [0.15, 0.2) is 0 Å². The monoisotopic (exact) mass is 516 g/mol. The van der Waals surface area contributed by atoms with Crippen LogP contribution in [0.5, 0.6) is 0 Å². The normalized spacial score (nSPS) is 51.1. The molecule has 35 heavy (non-hydrogen) atoms. The van der Waals surface area contributed by atoms with Crippen molar-refractivity contribution in [2.75, 3.05) is 13.7 Å². The molecular formula is C19H32O16. The number of carbonyl (C=O) groups excluding carboxylic acids is 1. The molecule has 16 heteroatoms. The maximum absolute atomic E-state index is 11.9. The van der Waals surface area contributed by atoms with E-state index in [1.807, 2.05) is 0 Å². The second kappa shape index (κ2) is 11.5. The van der Waals surface area contributed by atoms with E-state index in [4.69, 9.17) is 23.7 Å². The van der Waals surface area contributed by atoms with Crippen LogP contribution in [0.4, 0.5) is 0 Å². The molecule has 204 valence electrons. The fourth-order valence-electron chi connectivity index (χ4n) is 4.11. The number of esters is 1. The molecule has 15 atom stereocenters. The summed E-state index contributed by atoms with van der Waals surface area (Å²) in [6.45, 7) is 0.624. The molecule has 16 nitrogen and oxygen atoms in total. The summed E-state index contributed by atoms with van der Waals surface area (Å²) < 4.78 is 31.4. The van der Waals surface area contributed by atoms with Crippen molar-refractivity contribution in [1.29, 1.82) is 0 Å². The van der Waals surface area contributed by atoms with E-state index in [0.29, 0.717) is 0 Å². The van der Waals surface area contributed by atoms with Gasteiger partial charge in [0.2, 0.25) is 0 Å². The molecule has 0 aromatic rings. The first-order chi connectivity index (χ1) is 16.4. The van der Waals surface area contributed by atoms with Crippen LogP contribution in [0.3, 0.4) is 0 Å². The third kappa shape index (κ3) is 5.60. The maximum atomic E-state index is 11.9. The molecular weight excluding hydrogens is 484 g/mol. The Balaban J connectivity index is 1.83. The maximum Gasteiger partial charge on any atom is 0.337 e. The number of hydrogen-bond acceptors (Lipinski definition) is 16. The lowest BCUT2D eigenvalue weighted by atomic mass is 9.96. The van der Waals surface area contributed by atoms with Crippen LogP contribution in [0.1, 0.15) is 6.92 Å². The molecule has 3 rings (SSSR count). The molecule has 3 aliphatic rings. The number of hydrogen-bond donors (Lipinski definition) is 9. The van der Waals surface area contributed by atoms with Crippen molar-refractivity contribution < 1.29 is 79.2 Å². The van der Waals surface area contributed by atoms with Gasteiger partial charge in [-0.25, -0.2) is 4.79 Å². The minimum Gasteiger partial charge on any atom is -0.467 e. The van der Waals surface area contributed by atoms with Gasteiger partial charge in [0.1, 0.15) is 61.0 Å². The zero-order chi connectivity index (χ0) is 26.2. The number of aliphatic hydroxyl groups excluding tert-OH is 9. The lowest BCUT2D eigenvalue weighted by Gasteiger charge is -2.47. The Bertz CT molecular complexity index is 708. The zero-order valence-electron chi connectivity index (χ0n) is 18.8. The molecule has 0 amide bonds. The topological polar surface area (TPSA) is 255 Å². The Morgan fingerprint density at radius 2 is 1.26 bits per heavy atom. The van der Waals surface area contributed by atoms with Gasteiger partial charge in [-0.3, -0.25) is 0 Å². The van der Waals surface area contributed by atoms with Crippen molar-refractivity contribution in [2.45, 2.75) is 99.0 Å². The molecule has 0 spiro atoms. The number of rotatable bonds is 6. The van der Waals surface area contributed by atoms with E-state index in [2.05, 4.69) is 4.74 Å². The molecule has 0 aromatic carbocycles. The van der Waals surface area contributed by atoms with E-state index in [1.54, 1.807) is 0 Å². The van der Waals surface area contributed by atoms with Crippen molar-refractivity contribution >= 4 is 5.97 Å². The molecule has 9 N–H and O–H groups in total. The Labute approximate surface area is 198 Å². The predicted octanol–water partition coefficient (Wildman–Crippen LogP) is -6.36. The van der Waals surface area contributed by atoms with Gasteiger partial charge in [-0.2, -0.15) is 0 Å². The SMILES string of the molecule is COC(=O)[C@H]1O[C@@H](O[C@@H]2[C@@H](O[C@@H]3O[C@H](CO)[C@H](O)[C@H](O)[C@H]3O)[C@@H](O)C(O)O[C@H]2C)[C@H](O)[C@@H](O)[C@@H]1O. The second-order valence-electron chi connectivity index (χ2n) is 8.54. The van der Waals surface area contributed by atoms with Crippen LogP contribution >= 0.6 is 0 Å². The first-order valence-electron chi connectivity index (χ1n) is 10.8. The molecule has 3 heterocycles. The van der Waals surface area contributed by atoms with Gasteiger partial charge in [-0.05, 0) is 6.92 Å². The van der Waals surface area contributed by atoms with Gasteiger partial charge >= 0.3 is 5.97 Å². The van der Waals surface area contributed by atoms with Gasteiger partial charge in [0.25, 0.3) is 0 Å². The molecule has 3 aliphatic heterocycles. The summed E-state index contributed by atoms with van der Waals surface area (Å²) in [6.07, 6.45) is -25.4. The summed E-state index contributed by atoms with van der Waals surface area (Å²) in [5.41, 5.74) is 0. The summed E-state index contributed by atoms with van der Waals surface area (Å²) >= 11 is 0. The average Bonchev–Trinajstić information content (AvgIpc) is 2.83. The molecule has 0 bridgehead atoms. The highest BCUT2D eigenvalue weighted by molar-refractivity contribution is 5.75. The summed E-state index contributed by atoms with van der Waals surface area (Å²) in [4.78, 5) is 11.9. The van der Waals surface area contributed by atoms with Crippen molar-refractivity contribution in [3.8, 4) is 0 Å². The van der Waals surface area contributed by atoms with E-state index < -0.39 is 105 Å². The van der Waals surface area contributed by atoms with Crippen LogP contribution in [-0.2, 0) is 33.2 Å². The molecule has 0 radical (unpaired) electrons. The number of carbonyl (C=O) groups is 1. The largest absolute Gasteiger partial charge is 0.467 e. The molecule has 0 saturated carbocycles.